The van der Waals surface area contributed by atoms with Crippen molar-refractivity contribution >= 4 is 11.9 Å². The fourth-order valence-electron chi connectivity index (χ4n) is 7.98. The molecule has 3 saturated heterocycles. The highest BCUT2D eigenvalue weighted by atomic mass is 16.6. The zero-order valence-electron chi connectivity index (χ0n) is 28.4. The fraction of sp³-hybridized carbons (Fsp3) is 0.649. The van der Waals surface area contributed by atoms with Crippen LogP contribution in [0.4, 0.5) is 10.6 Å². The summed E-state index contributed by atoms with van der Waals surface area (Å²) in [6.07, 6.45) is 5.87. The topological polar surface area (TPSA) is 94.4 Å². The van der Waals surface area contributed by atoms with E-state index in [0.717, 1.165) is 101 Å². The van der Waals surface area contributed by atoms with Gasteiger partial charge in [-0.1, -0.05) is 30.3 Å². The van der Waals surface area contributed by atoms with Gasteiger partial charge in [0.15, 0.2) is 0 Å². The van der Waals surface area contributed by atoms with Gasteiger partial charge in [-0.2, -0.15) is 10.2 Å². The molecule has 47 heavy (non-hydrogen) atoms. The first-order chi connectivity index (χ1) is 22.7. The van der Waals surface area contributed by atoms with Crippen LogP contribution in [-0.2, 0) is 29.0 Å². The number of pyridine rings is 1. The van der Waals surface area contributed by atoms with E-state index in [-0.39, 0.29) is 23.6 Å². The lowest BCUT2D eigenvalue weighted by atomic mass is 9.90. The summed E-state index contributed by atoms with van der Waals surface area (Å²) < 4.78 is 18.1. The number of rotatable bonds is 8. The van der Waals surface area contributed by atoms with Gasteiger partial charge in [0, 0.05) is 63.3 Å². The molecule has 252 valence electrons. The number of nitriles is 1. The summed E-state index contributed by atoms with van der Waals surface area (Å²) in [5.41, 5.74) is 3.64. The van der Waals surface area contributed by atoms with Crippen molar-refractivity contribution in [1.29, 1.82) is 5.26 Å². The number of piperidine rings is 1. The van der Waals surface area contributed by atoms with Gasteiger partial charge in [-0.15, -0.1) is 0 Å². The predicted molar refractivity (Wildman–Crippen MR) is 179 cm³/mol. The summed E-state index contributed by atoms with van der Waals surface area (Å²) in [5, 5.41) is 10.6. The van der Waals surface area contributed by atoms with Crippen LogP contribution in [0.5, 0.6) is 5.88 Å². The summed E-state index contributed by atoms with van der Waals surface area (Å²) in [7, 11) is 0. The largest absolute Gasteiger partial charge is 0.476 e. The van der Waals surface area contributed by atoms with E-state index in [0.29, 0.717) is 37.7 Å². The number of benzene rings is 1. The Morgan fingerprint density at radius 2 is 1.77 bits per heavy atom. The Bertz CT molecular complexity index is 1460. The monoisotopic (exact) mass is 642 g/mol. The van der Waals surface area contributed by atoms with Crippen LogP contribution < -0.4 is 9.64 Å². The lowest BCUT2D eigenvalue weighted by molar-refractivity contribution is -0.00981. The van der Waals surface area contributed by atoms with E-state index in [1.807, 2.05) is 31.7 Å². The van der Waals surface area contributed by atoms with Crippen molar-refractivity contribution in [2.45, 2.75) is 90.1 Å². The molecule has 5 heterocycles. The van der Waals surface area contributed by atoms with Crippen LogP contribution in [0.15, 0.2) is 30.3 Å². The Hall–Kier alpha value is -3.39. The number of anilines is 1. The van der Waals surface area contributed by atoms with Crippen LogP contribution in [0, 0.1) is 16.7 Å². The van der Waals surface area contributed by atoms with Gasteiger partial charge < -0.3 is 19.1 Å². The summed E-state index contributed by atoms with van der Waals surface area (Å²) in [6.45, 7) is 14.7. The van der Waals surface area contributed by atoms with Gasteiger partial charge in [-0.25, -0.2) is 4.79 Å². The normalized spacial score (nSPS) is 24.3. The number of carbonyl (C=O) groups is 1. The maximum atomic E-state index is 13.4. The maximum Gasteiger partial charge on any atom is 0.410 e. The predicted octanol–water partition coefficient (Wildman–Crippen LogP) is 4.98. The van der Waals surface area contributed by atoms with Crippen molar-refractivity contribution in [3.63, 3.8) is 0 Å². The van der Waals surface area contributed by atoms with Crippen LogP contribution in [0.1, 0.15) is 75.1 Å². The second-order valence-corrected chi connectivity index (χ2v) is 15.3. The molecule has 2 bridgehead atoms. The maximum absolute atomic E-state index is 13.4. The molecule has 0 spiro atoms. The number of piperazine rings is 1. The Balaban J connectivity index is 1.18. The van der Waals surface area contributed by atoms with Crippen molar-refractivity contribution in [3.8, 4) is 11.9 Å². The number of ether oxygens (including phenoxy) is 3. The molecular formula is C37H50N6O4. The molecule has 0 radical (unpaired) electrons. The van der Waals surface area contributed by atoms with E-state index >= 15 is 0 Å². The third kappa shape index (κ3) is 7.23. The zero-order valence-corrected chi connectivity index (χ0v) is 28.4. The van der Waals surface area contributed by atoms with Gasteiger partial charge in [0.2, 0.25) is 5.88 Å². The van der Waals surface area contributed by atoms with Gasteiger partial charge in [-0.3, -0.25) is 14.7 Å². The van der Waals surface area contributed by atoms with Crippen molar-refractivity contribution in [2.24, 2.45) is 5.41 Å². The SMILES string of the molecule is CC(C)(C)OC(=O)N1[C@@H]2CCC[C@H]1CN(c1nc(OCC3(CN4CCOCC4)CC3)c(C#N)c3c1CCN(Cc1ccccc1)C3)C2. The smallest absolute Gasteiger partial charge is 0.410 e. The molecule has 10 nitrogen and oxygen atoms in total. The molecule has 0 N–H and O–H groups in total. The molecule has 4 fully saturated rings. The molecule has 2 atom stereocenters. The number of nitrogens with zero attached hydrogens (tertiary/aromatic N) is 6. The molecule has 1 amide bonds. The number of hydrogen-bond acceptors (Lipinski definition) is 9. The number of aromatic nitrogens is 1. The first-order valence-corrected chi connectivity index (χ1v) is 17.6. The Kier molecular flexibility index (Phi) is 9.07. The van der Waals surface area contributed by atoms with Crippen LogP contribution >= 0.6 is 0 Å². The Morgan fingerprint density at radius 1 is 1.04 bits per heavy atom. The minimum Gasteiger partial charge on any atom is -0.476 e. The van der Waals surface area contributed by atoms with Crippen LogP contribution in [-0.4, -0.2) is 103 Å². The summed E-state index contributed by atoms with van der Waals surface area (Å²) in [5.74, 6) is 1.41. The molecule has 10 heteroatoms. The second kappa shape index (κ2) is 13.3. The number of fused-ring (bicyclic) bond motifs is 3. The minimum atomic E-state index is -0.533. The van der Waals surface area contributed by atoms with Crippen molar-refractivity contribution in [1.82, 2.24) is 19.7 Å². The van der Waals surface area contributed by atoms with Gasteiger partial charge >= 0.3 is 6.09 Å². The minimum absolute atomic E-state index is 0.0660. The van der Waals surface area contributed by atoms with Gasteiger partial charge in [0.1, 0.15) is 23.1 Å². The van der Waals surface area contributed by atoms with E-state index < -0.39 is 5.60 Å². The molecule has 4 aliphatic heterocycles. The van der Waals surface area contributed by atoms with Crippen LogP contribution in [0.25, 0.3) is 0 Å². The molecule has 5 aliphatic rings. The van der Waals surface area contributed by atoms with E-state index in [2.05, 4.69) is 45.0 Å². The van der Waals surface area contributed by atoms with E-state index in [1.165, 1.54) is 5.56 Å². The summed E-state index contributed by atoms with van der Waals surface area (Å²) in [6, 6.07) is 13.2. The quantitative estimate of drug-likeness (QED) is 0.395. The second-order valence-electron chi connectivity index (χ2n) is 15.3. The molecule has 1 saturated carbocycles. The summed E-state index contributed by atoms with van der Waals surface area (Å²) in [4.78, 5) is 27.9. The van der Waals surface area contributed by atoms with Gasteiger partial charge in [-0.05, 0) is 70.4 Å². The van der Waals surface area contributed by atoms with Crippen molar-refractivity contribution in [3.05, 3.63) is 52.6 Å². The standard InChI is InChI=1S/C37H50N6O4/c1-36(2,3)47-35(44)43-28-10-7-11-29(43)23-42(22-28)33-30-12-15-41(21-27-8-5-4-6-9-27)24-32(30)31(20-38)34(39-33)46-26-37(13-14-37)25-40-16-18-45-19-17-40/h4-6,8-9,28-29H,7,10-19,21-26H2,1-3H3/t28-,29+. The third-order valence-corrected chi connectivity index (χ3v) is 10.5. The van der Waals surface area contributed by atoms with Crippen molar-refractivity contribution < 1.29 is 19.0 Å². The first-order valence-electron chi connectivity index (χ1n) is 17.6. The fourth-order valence-corrected chi connectivity index (χ4v) is 7.98. The number of amides is 1. The van der Waals surface area contributed by atoms with Gasteiger partial charge in [0.25, 0.3) is 0 Å². The van der Waals surface area contributed by atoms with Crippen molar-refractivity contribution in [2.75, 3.05) is 64.0 Å². The first kappa shape index (κ1) is 32.2. The van der Waals surface area contributed by atoms with Gasteiger partial charge in [0.05, 0.1) is 31.9 Å². The summed E-state index contributed by atoms with van der Waals surface area (Å²) >= 11 is 0. The molecule has 1 aromatic carbocycles. The molecule has 0 unspecified atom stereocenters. The molecular weight excluding hydrogens is 592 g/mol. The number of carbonyl (C=O) groups excluding carboxylic acids is 1. The highest BCUT2D eigenvalue weighted by Gasteiger charge is 2.46. The Morgan fingerprint density at radius 3 is 2.43 bits per heavy atom. The van der Waals surface area contributed by atoms with Crippen LogP contribution in [0.3, 0.4) is 0 Å². The number of hydrogen-bond donors (Lipinski definition) is 0. The van der Waals surface area contributed by atoms with E-state index in [9.17, 15) is 10.1 Å². The highest BCUT2D eigenvalue weighted by Crippen LogP contribution is 2.47. The van der Waals surface area contributed by atoms with Crippen LogP contribution in [0.2, 0.25) is 0 Å². The lowest BCUT2D eigenvalue weighted by Gasteiger charge is -2.50. The lowest BCUT2D eigenvalue weighted by Crippen LogP contribution is -2.63. The molecule has 2 aromatic rings. The highest BCUT2D eigenvalue weighted by molar-refractivity contribution is 5.70. The van der Waals surface area contributed by atoms with E-state index in [4.69, 9.17) is 19.2 Å². The average Bonchev–Trinajstić information content (AvgIpc) is 3.81. The molecule has 1 aliphatic carbocycles. The molecule has 1 aromatic heterocycles. The Labute approximate surface area is 279 Å². The van der Waals surface area contributed by atoms with E-state index in [1.54, 1.807) is 0 Å². The third-order valence-electron chi connectivity index (χ3n) is 10.5. The molecule has 7 rings (SSSR count). The average molecular weight is 643 g/mol. The number of morpholine rings is 1. The zero-order chi connectivity index (χ0) is 32.6.